The number of fused-ring (bicyclic) bond motifs is 1. The largest absolute Gasteiger partial charge is 0.496 e. The van der Waals surface area contributed by atoms with Gasteiger partial charge in [0.15, 0.2) is 5.82 Å². The number of methoxy groups -OCH3 is 1. The van der Waals surface area contributed by atoms with E-state index >= 15 is 0 Å². The number of carbonyl (C=O) groups excluding carboxylic acids is 1. The quantitative estimate of drug-likeness (QED) is 0.278. The molecule has 0 saturated carbocycles. The van der Waals surface area contributed by atoms with Crippen molar-refractivity contribution < 1.29 is 17.9 Å². The molecule has 1 amide bonds. The summed E-state index contributed by atoms with van der Waals surface area (Å²) in [4.78, 5) is 12.7. The van der Waals surface area contributed by atoms with Gasteiger partial charge in [-0.25, -0.2) is 8.42 Å². The number of amides is 1. The summed E-state index contributed by atoms with van der Waals surface area (Å²) in [5.74, 6) is 0.642. The SMILES string of the molecule is COc1cccc2c1c(NS(=O)(=O)c1cccc(Cl)c1)nn2Cc1cccc(CNC(=O)[C@@]2(C)CCCN2)c1. The minimum absolute atomic E-state index is 0.00722. The Morgan fingerprint density at radius 2 is 1.90 bits per heavy atom. The third-order valence-electron chi connectivity index (χ3n) is 6.94. The predicted octanol–water partition coefficient (Wildman–Crippen LogP) is 4.31. The van der Waals surface area contributed by atoms with E-state index in [2.05, 4.69) is 20.5 Å². The number of hydrogen-bond donors (Lipinski definition) is 3. The van der Waals surface area contributed by atoms with E-state index in [0.717, 1.165) is 30.5 Å². The topological polar surface area (TPSA) is 114 Å². The minimum Gasteiger partial charge on any atom is -0.496 e. The zero-order valence-corrected chi connectivity index (χ0v) is 23.3. The second-order valence-electron chi connectivity index (χ2n) is 9.79. The summed E-state index contributed by atoms with van der Waals surface area (Å²) < 4.78 is 36.2. The van der Waals surface area contributed by atoms with Crippen LogP contribution in [0.1, 0.15) is 30.9 Å². The lowest BCUT2D eigenvalue weighted by Gasteiger charge is -2.23. The highest BCUT2D eigenvalue weighted by Crippen LogP contribution is 2.34. The number of aromatic nitrogens is 2. The number of ether oxygens (including phenoxy) is 1. The molecule has 1 saturated heterocycles. The van der Waals surface area contributed by atoms with Crippen LogP contribution >= 0.6 is 11.6 Å². The highest BCUT2D eigenvalue weighted by molar-refractivity contribution is 7.92. The average molecular weight is 568 g/mol. The molecular weight excluding hydrogens is 538 g/mol. The van der Waals surface area contributed by atoms with Crippen LogP contribution in [0.4, 0.5) is 5.82 Å². The highest BCUT2D eigenvalue weighted by Gasteiger charge is 2.35. The van der Waals surface area contributed by atoms with E-state index in [0.29, 0.717) is 34.8 Å². The number of hydrogen-bond acceptors (Lipinski definition) is 6. The second kappa shape index (κ2) is 10.9. The lowest BCUT2D eigenvalue weighted by atomic mass is 9.99. The number of nitrogens with zero attached hydrogens (tertiary/aromatic N) is 2. The number of sulfonamides is 1. The first-order valence-electron chi connectivity index (χ1n) is 12.6. The van der Waals surface area contributed by atoms with Gasteiger partial charge in [-0.2, -0.15) is 5.10 Å². The fourth-order valence-corrected chi connectivity index (χ4v) is 6.17. The molecule has 1 fully saturated rings. The number of carbonyl (C=O) groups is 1. The first kappa shape index (κ1) is 27.0. The van der Waals surface area contributed by atoms with Gasteiger partial charge in [0.25, 0.3) is 10.0 Å². The third-order valence-corrected chi connectivity index (χ3v) is 8.52. The van der Waals surface area contributed by atoms with Gasteiger partial charge in [0.05, 0.1) is 35.0 Å². The van der Waals surface area contributed by atoms with Gasteiger partial charge in [-0.1, -0.05) is 48.0 Å². The van der Waals surface area contributed by atoms with Gasteiger partial charge in [0.2, 0.25) is 5.91 Å². The minimum atomic E-state index is -3.96. The lowest BCUT2D eigenvalue weighted by Crippen LogP contribution is -2.50. The van der Waals surface area contributed by atoms with Crippen molar-refractivity contribution in [1.82, 2.24) is 20.4 Å². The molecule has 4 aromatic rings. The fraction of sp³-hybridized carbons (Fsp3) is 0.286. The molecule has 204 valence electrons. The van der Waals surface area contributed by atoms with Crippen LogP contribution in [-0.4, -0.2) is 43.3 Å². The molecule has 0 radical (unpaired) electrons. The molecule has 39 heavy (non-hydrogen) atoms. The molecule has 1 aliphatic rings. The van der Waals surface area contributed by atoms with Gasteiger partial charge in [-0.3, -0.25) is 14.2 Å². The molecule has 0 unspecified atom stereocenters. The van der Waals surface area contributed by atoms with Crippen LogP contribution < -0.4 is 20.1 Å². The van der Waals surface area contributed by atoms with E-state index in [-0.39, 0.29) is 16.6 Å². The summed E-state index contributed by atoms with van der Waals surface area (Å²) >= 11 is 6.02. The van der Waals surface area contributed by atoms with Crippen molar-refractivity contribution in [3.05, 3.63) is 82.9 Å². The van der Waals surface area contributed by atoms with Crippen LogP contribution in [-0.2, 0) is 27.9 Å². The van der Waals surface area contributed by atoms with Gasteiger partial charge >= 0.3 is 0 Å². The van der Waals surface area contributed by atoms with Crippen LogP contribution in [0.25, 0.3) is 10.9 Å². The Kier molecular flexibility index (Phi) is 7.53. The molecule has 1 aliphatic heterocycles. The molecule has 3 aromatic carbocycles. The standard InChI is InChI=1S/C28H30ClN5O4S/c1-28(13-6-14-31-28)27(35)30-17-19-7-3-8-20(15-19)18-34-23-11-5-12-24(38-2)25(23)26(32-34)33-39(36,37)22-10-4-9-21(29)16-22/h3-5,7-12,15-16,31H,6,13-14,17-18H2,1-2H3,(H,30,35)(H,32,33)/t28-/m1/s1. The van der Waals surface area contributed by atoms with Crippen LogP contribution in [0.3, 0.4) is 0 Å². The van der Waals surface area contributed by atoms with Gasteiger partial charge in [0, 0.05) is 11.6 Å². The molecule has 5 rings (SSSR count). The Bertz CT molecular complexity index is 1630. The molecule has 0 bridgehead atoms. The van der Waals surface area contributed by atoms with Crippen molar-refractivity contribution in [2.24, 2.45) is 0 Å². The van der Waals surface area contributed by atoms with E-state index in [4.69, 9.17) is 16.3 Å². The number of anilines is 1. The molecule has 0 spiro atoms. The summed E-state index contributed by atoms with van der Waals surface area (Å²) in [5.41, 5.74) is 2.08. The predicted molar refractivity (Wildman–Crippen MR) is 152 cm³/mol. The van der Waals surface area contributed by atoms with Gasteiger partial charge in [0.1, 0.15) is 5.75 Å². The van der Waals surface area contributed by atoms with Gasteiger partial charge in [-0.15, -0.1) is 0 Å². The smallest absolute Gasteiger partial charge is 0.263 e. The van der Waals surface area contributed by atoms with Crippen LogP contribution in [0.5, 0.6) is 5.75 Å². The first-order valence-corrected chi connectivity index (χ1v) is 14.5. The fourth-order valence-electron chi connectivity index (χ4n) is 4.86. The van der Waals surface area contributed by atoms with Crippen molar-refractivity contribution in [2.45, 2.75) is 43.3 Å². The lowest BCUT2D eigenvalue weighted by molar-refractivity contribution is -0.126. The Balaban J connectivity index is 1.41. The molecule has 0 aliphatic carbocycles. The summed E-state index contributed by atoms with van der Waals surface area (Å²) in [5, 5.41) is 11.8. The van der Waals surface area contributed by atoms with Crippen LogP contribution in [0.15, 0.2) is 71.6 Å². The zero-order valence-electron chi connectivity index (χ0n) is 21.7. The van der Waals surface area contributed by atoms with E-state index < -0.39 is 15.6 Å². The van der Waals surface area contributed by atoms with E-state index in [9.17, 15) is 13.2 Å². The second-order valence-corrected chi connectivity index (χ2v) is 11.9. The summed E-state index contributed by atoms with van der Waals surface area (Å²) in [6.07, 6.45) is 1.80. The van der Waals surface area contributed by atoms with Crippen LogP contribution in [0, 0.1) is 0 Å². The van der Waals surface area contributed by atoms with E-state index in [1.54, 1.807) is 22.9 Å². The van der Waals surface area contributed by atoms with Gasteiger partial charge in [-0.05, 0) is 67.8 Å². The average Bonchev–Trinajstić information content (AvgIpc) is 3.52. The Labute approximate surface area is 232 Å². The van der Waals surface area contributed by atoms with Crippen molar-refractivity contribution in [1.29, 1.82) is 0 Å². The molecule has 11 heteroatoms. The maximum Gasteiger partial charge on any atom is 0.263 e. The molecule has 1 atom stereocenters. The summed E-state index contributed by atoms with van der Waals surface area (Å²) in [6.45, 7) is 3.56. The van der Waals surface area contributed by atoms with Crippen molar-refractivity contribution in [3.63, 3.8) is 0 Å². The Hall–Kier alpha value is -3.60. The van der Waals surface area contributed by atoms with E-state index in [1.165, 1.54) is 19.2 Å². The van der Waals surface area contributed by atoms with Crippen molar-refractivity contribution >= 4 is 44.3 Å². The summed E-state index contributed by atoms with van der Waals surface area (Å²) in [6, 6.07) is 19.4. The number of nitrogens with one attached hydrogen (secondary N) is 3. The number of rotatable bonds is 9. The molecule has 9 nitrogen and oxygen atoms in total. The van der Waals surface area contributed by atoms with Crippen molar-refractivity contribution in [3.8, 4) is 5.75 Å². The highest BCUT2D eigenvalue weighted by atomic mass is 35.5. The molecule has 2 heterocycles. The Morgan fingerprint density at radius 3 is 2.64 bits per heavy atom. The van der Waals surface area contributed by atoms with Crippen LogP contribution in [0.2, 0.25) is 5.02 Å². The number of benzene rings is 3. The normalized spacial score (nSPS) is 17.3. The Morgan fingerprint density at radius 1 is 1.13 bits per heavy atom. The maximum absolute atomic E-state index is 13.2. The number of halogens is 1. The maximum atomic E-state index is 13.2. The van der Waals surface area contributed by atoms with E-state index in [1.807, 2.05) is 43.3 Å². The molecular formula is C28H30ClN5O4S. The van der Waals surface area contributed by atoms with Crippen molar-refractivity contribution in [2.75, 3.05) is 18.4 Å². The zero-order chi connectivity index (χ0) is 27.6. The monoisotopic (exact) mass is 567 g/mol. The molecule has 1 aromatic heterocycles. The third kappa shape index (κ3) is 5.73. The first-order chi connectivity index (χ1) is 18.7. The summed E-state index contributed by atoms with van der Waals surface area (Å²) in [7, 11) is -2.43. The molecule has 3 N–H and O–H groups in total. The van der Waals surface area contributed by atoms with Gasteiger partial charge < -0.3 is 15.4 Å².